The zero-order chi connectivity index (χ0) is 14.5. The number of amides is 1. The van der Waals surface area contributed by atoms with Gasteiger partial charge < -0.3 is 10.6 Å². The number of nitrogens with two attached hydrogens (primary N) is 1. The van der Waals surface area contributed by atoms with E-state index < -0.39 is 5.82 Å². The van der Waals surface area contributed by atoms with Crippen LogP contribution in [0, 0.1) is 5.82 Å². The summed E-state index contributed by atoms with van der Waals surface area (Å²) in [4.78, 5) is 17.4. The molecule has 0 unspecified atom stereocenters. The molecule has 2 N–H and O–H groups in total. The molecule has 0 aliphatic rings. The van der Waals surface area contributed by atoms with Crippen LogP contribution in [0.5, 0.6) is 0 Å². The third-order valence-corrected chi connectivity index (χ3v) is 2.97. The van der Waals surface area contributed by atoms with E-state index in [9.17, 15) is 9.18 Å². The summed E-state index contributed by atoms with van der Waals surface area (Å²) in [5.41, 5.74) is 7.81. The van der Waals surface area contributed by atoms with Gasteiger partial charge in [-0.2, -0.15) is 0 Å². The minimum absolute atomic E-state index is 0.229. The van der Waals surface area contributed by atoms with Crippen molar-refractivity contribution in [2.75, 3.05) is 7.05 Å². The number of pyridine rings is 1. The SMILES string of the molecule is CN(Cc1ccc(CN)cc1)C(=O)c1ccc(F)cn1. The van der Waals surface area contributed by atoms with E-state index in [0.29, 0.717) is 13.1 Å². The minimum atomic E-state index is -0.457. The molecule has 0 aliphatic heterocycles. The number of nitrogens with zero attached hydrogens (tertiary/aromatic N) is 2. The van der Waals surface area contributed by atoms with Crippen molar-refractivity contribution in [3.63, 3.8) is 0 Å². The van der Waals surface area contributed by atoms with Crippen molar-refractivity contribution in [2.45, 2.75) is 13.1 Å². The molecule has 1 heterocycles. The van der Waals surface area contributed by atoms with Gasteiger partial charge in [-0.25, -0.2) is 9.37 Å². The van der Waals surface area contributed by atoms with Crippen molar-refractivity contribution in [3.8, 4) is 0 Å². The molecule has 4 nitrogen and oxygen atoms in total. The average molecular weight is 273 g/mol. The molecule has 5 heteroatoms. The predicted octanol–water partition coefficient (Wildman–Crippen LogP) is 1.95. The average Bonchev–Trinajstić information content (AvgIpc) is 2.48. The number of carbonyl (C=O) groups is 1. The van der Waals surface area contributed by atoms with Gasteiger partial charge in [-0.3, -0.25) is 4.79 Å². The molecule has 0 spiro atoms. The highest BCUT2D eigenvalue weighted by molar-refractivity contribution is 5.92. The van der Waals surface area contributed by atoms with Crippen LogP contribution in [0.2, 0.25) is 0 Å². The summed E-state index contributed by atoms with van der Waals surface area (Å²) in [6.45, 7) is 0.956. The van der Waals surface area contributed by atoms with E-state index in [2.05, 4.69) is 4.98 Å². The smallest absolute Gasteiger partial charge is 0.272 e. The fraction of sp³-hybridized carbons (Fsp3) is 0.200. The zero-order valence-electron chi connectivity index (χ0n) is 11.2. The molecular formula is C15H16FN3O. The van der Waals surface area contributed by atoms with Gasteiger partial charge >= 0.3 is 0 Å². The summed E-state index contributed by atoms with van der Waals surface area (Å²) in [6.07, 6.45) is 1.04. The van der Waals surface area contributed by atoms with Crippen molar-refractivity contribution in [1.82, 2.24) is 9.88 Å². The second kappa shape index (κ2) is 6.25. The van der Waals surface area contributed by atoms with E-state index in [1.807, 2.05) is 24.3 Å². The van der Waals surface area contributed by atoms with Crippen molar-refractivity contribution < 1.29 is 9.18 Å². The number of carbonyl (C=O) groups excluding carboxylic acids is 1. The monoisotopic (exact) mass is 273 g/mol. The van der Waals surface area contributed by atoms with Gasteiger partial charge in [-0.05, 0) is 23.3 Å². The maximum absolute atomic E-state index is 12.8. The standard InChI is InChI=1S/C15H16FN3O/c1-19(10-12-4-2-11(8-17)3-5-12)15(20)14-7-6-13(16)9-18-14/h2-7,9H,8,10,17H2,1H3. The summed E-state index contributed by atoms with van der Waals surface area (Å²) in [5.74, 6) is -0.700. The summed E-state index contributed by atoms with van der Waals surface area (Å²) in [6, 6.07) is 10.3. The zero-order valence-corrected chi connectivity index (χ0v) is 11.2. The Morgan fingerprint density at radius 1 is 1.20 bits per heavy atom. The molecule has 20 heavy (non-hydrogen) atoms. The molecule has 1 aromatic carbocycles. The summed E-state index contributed by atoms with van der Waals surface area (Å²) < 4.78 is 12.8. The number of hydrogen-bond donors (Lipinski definition) is 1. The van der Waals surface area contributed by atoms with Gasteiger partial charge in [0.25, 0.3) is 5.91 Å². The van der Waals surface area contributed by atoms with Crippen LogP contribution < -0.4 is 5.73 Å². The second-order valence-corrected chi connectivity index (χ2v) is 4.54. The molecule has 0 saturated heterocycles. The molecule has 0 saturated carbocycles. The third-order valence-electron chi connectivity index (χ3n) is 2.97. The Hall–Kier alpha value is -2.27. The van der Waals surface area contributed by atoms with E-state index in [1.54, 1.807) is 7.05 Å². The van der Waals surface area contributed by atoms with E-state index in [0.717, 1.165) is 17.3 Å². The minimum Gasteiger partial charge on any atom is -0.336 e. The Bertz CT molecular complexity index is 581. The molecule has 2 rings (SSSR count). The lowest BCUT2D eigenvalue weighted by atomic mass is 10.1. The molecule has 0 atom stereocenters. The topological polar surface area (TPSA) is 59.2 Å². The maximum atomic E-state index is 12.8. The molecule has 104 valence electrons. The van der Waals surface area contributed by atoms with E-state index in [1.165, 1.54) is 17.0 Å². The quantitative estimate of drug-likeness (QED) is 0.926. The van der Waals surface area contributed by atoms with Crippen LogP contribution in [-0.4, -0.2) is 22.8 Å². The van der Waals surface area contributed by atoms with Crippen LogP contribution >= 0.6 is 0 Å². The van der Waals surface area contributed by atoms with Crippen molar-refractivity contribution >= 4 is 5.91 Å². The van der Waals surface area contributed by atoms with E-state index in [-0.39, 0.29) is 11.6 Å². The van der Waals surface area contributed by atoms with Crippen LogP contribution in [-0.2, 0) is 13.1 Å². The molecule has 0 radical (unpaired) electrons. The van der Waals surface area contributed by atoms with Crippen LogP contribution in [0.15, 0.2) is 42.6 Å². The van der Waals surface area contributed by atoms with Gasteiger partial charge in [-0.1, -0.05) is 24.3 Å². The summed E-state index contributed by atoms with van der Waals surface area (Å²) in [5, 5.41) is 0. The van der Waals surface area contributed by atoms with Gasteiger partial charge in [0.05, 0.1) is 6.20 Å². The predicted molar refractivity (Wildman–Crippen MR) is 74.3 cm³/mol. The number of aromatic nitrogens is 1. The van der Waals surface area contributed by atoms with E-state index >= 15 is 0 Å². The van der Waals surface area contributed by atoms with Crippen molar-refractivity contribution in [2.24, 2.45) is 5.73 Å². The normalized spacial score (nSPS) is 10.3. The largest absolute Gasteiger partial charge is 0.336 e. The van der Waals surface area contributed by atoms with E-state index in [4.69, 9.17) is 5.73 Å². The lowest BCUT2D eigenvalue weighted by molar-refractivity contribution is 0.0779. The summed E-state index contributed by atoms with van der Waals surface area (Å²) >= 11 is 0. The lowest BCUT2D eigenvalue weighted by Gasteiger charge is -2.17. The Morgan fingerprint density at radius 3 is 2.40 bits per heavy atom. The van der Waals surface area contributed by atoms with Crippen LogP contribution in [0.1, 0.15) is 21.6 Å². The Morgan fingerprint density at radius 2 is 1.85 bits per heavy atom. The molecule has 2 aromatic rings. The Labute approximate surface area is 117 Å². The summed E-state index contributed by atoms with van der Waals surface area (Å²) in [7, 11) is 1.68. The van der Waals surface area contributed by atoms with Gasteiger partial charge in [0.15, 0.2) is 0 Å². The molecular weight excluding hydrogens is 257 g/mol. The molecule has 1 amide bonds. The van der Waals surface area contributed by atoms with Crippen LogP contribution in [0.25, 0.3) is 0 Å². The molecule has 0 fully saturated rings. The lowest BCUT2D eigenvalue weighted by Crippen LogP contribution is -2.27. The number of halogens is 1. The fourth-order valence-electron chi connectivity index (χ4n) is 1.82. The highest BCUT2D eigenvalue weighted by Crippen LogP contribution is 2.09. The molecule has 0 aliphatic carbocycles. The van der Waals surface area contributed by atoms with Crippen molar-refractivity contribution in [1.29, 1.82) is 0 Å². The first-order valence-corrected chi connectivity index (χ1v) is 6.25. The number of hydrogen-bond acceptors (Lipinski definition) is 3. The van der Waals surface area contributed by atoms with Gasteiger partial charge in [0, 0.05) is 20.1 Å². The third kappa shape index (κ3) is 3.39. The highest BCUT2D eigenvalue weighted by atomic mass is 19.1. The Balaban J connectivity index is 2.04. The number of rotatable bonds is 4. The van der Waals surface area contributed by atoms with Gasteiger partial charge in [-0.15, -0.1) is 0 Å². The Kier molecular flexibility index (Phi) is 4.42. The highest BCUT2D eigenvalue weighted by Gasteiger charge is 2.13. The fourth-order valence-corrected chi connectivity index (χ4v) is 1.82. The first-order valence-electron chi connectivity index (χ1n) is 6.25. The van der Waals surface area contributed by atoms with Crippen LogP contribution in [0.4, 0.5) is 4.39 Å². The number of benzene rings is 1. The first-order chi connectivity index (χ1) is 9.60. The molecule has 0 bridgehead atoms. The van der Waals surface area contributed by atoms with Gasteiger partial charge in [0.1, 0.15) is 11.5 Å². The van der Waals surface area contributed by atoms with Crippen LogP contribution in [0.3, 0.4) is 0 Å². The first kappa shape index (κ1) is 14.1. The second-order valence-electron chi connectivity index (χ2n) is 4.54. The van der Waals surface area contributed by atoms with Gasteiger partial charge in [0.2, 0.25) is 0 Å². The molecule has 1 aromatic heterocycles. The van der Waals surface area contributed by atoms with Crippen molar-refractivity contribution in [3.05, 3.63) is 65.2 Å². The maximum Gasteiger partial charge on any atom is 0.272 e.